The number of allylic oxidation sites excluding steroid dienone is 1. The van der Waals surface area contributed by atoms with Crippen molar-refractivity contribution in [3.8, 4) is 11.5 Å². The number of ketones is 2. The fourth-order valence-corrected chi connectivity index (χ4v) is 3.07. The van der Waals surface area contributed by atoms with Crippen LogP contribution in [-0.4, -0.2) is 43.1 Å². The third-order valence-corrected chi connectivity index (χ3v) is 4.59. The summed E-state index contributed by atoms with van der Waals surface area (Å²) in [7, 11) is 3.37. The van der Waals surface area contributed by atoms with Gasteiger partial charge in [-0.2, -0.15) is 0 Å². The Balaban J connectivity index is 2.05. The zero-order chi connectivity index (χ0) is 18.4. The molecule has 2 aliphatic rings. The molecule has 134 valence electrons. The van der Waals surface area contributed by atoms with Crippen molar-refractivity contribution in [2.75, 3.05) is 20.4 Å². The highest BCUT2D eigenvalue weighted by atomic mass is 32.2. The minimum Gasteiger partial charge on any atom is -0.394 e. The van der Waals surface area contributed by atoms with Crippen LogP contribution in [0.1, 0.15) is 23.2 Å². The third-order valence-electron chi connectivity index (χ3n) is 3.83. The molecule has 1 aliphatic carbocycles. The van der Waals surface area contributed by atoms with Crippen molar-refractivity contribution in [1.82, 2.24) is 4.90 Å². The Morgan fingerprint density at radius 3 is 2.44 bits per heavy atom. The van der Waals surface area contributed by atoms with Gasteiger partial charge in [0.05, 0.1) is 16.0 Å². The van der Waals surface area contributed by atoms with Gasteiger partial charge in [-0.15, -0.1) is 20.5 Å². The van der Waals surface area contributed by atoms with Crippen molar-refractivity contribution in [3.63, 3.8) is 0 Å². The van der Waals surface area contributed by atoms with Crippen molar-refractivity contribution in [2.45, 2.75) is 24.0 Å². The number of halogens is 2. The van der Waals surface area contributed by atoms with E-state index in [0.29, 0.717) is 4.90 Å². The predicted octanol–water partition coefficient (Wildman–Crippen LogP) is 3.34. The lowest BCUT2D eigenvalue weighted by molar-refractivity contribution is -0.287. The van der Waals surface area contributed by atoms with Crippen LogP contribution in [-0.2, 0) is 4.79 Å². The van der Waals surface area contributed by atoms with Crippen LogP contribution in [0, 0.1) is 5.92 Å². The third kappa shape index (κ3) is 3.49. The summed E-state index contributed by atoms with van der Waals surface area (Å²) in [5.74, 6) is -1.59. The highest BCUT2D eigenvalue weighted by molar-refractivity contribution is 7.98. The number of ether oxygens (including phenoxy) is 2. The summed E-state index contributed by atoms with van der Waals surface area (Å²) in [6.07, 6.45) is 0.752. The van der Waals surface area contributed by atoms with Crippen molar-refractivity contribution in [3.05, 3.63) is 29.5 Å². The quantitative estimate of drug-likeness (QED) is 0.252. The van der Waals surface area contributed by atoms with Gasteiger partial charge in [-0.3, -0.25) is 9.59 Å². The SMILES string of the molecule is CSc1ccc(C(=O)/C(=C/N(C)C)C(=O)C2CC2)c2c1OC(F)(F)O2. The molecule has 0 saturated heterocycles. The molecule has 1 saturated carbocycles. The fraction of sp³-hybridized carbons (Fsp3) is 0.412. The lowest BCUT2D eigenvalue weighted by atomic mass is 9.97. The molecule has 8 heteroatoms. The summed E-state index contributed by atoms with van der Waals surface area (Å²) < 4.78 is 36.2. The van der Waals surface area contributed by atoms with Gasteiger partial charge < -0.3 is 14.4 Å². The van der Waals surface area contributed by atoms with Gasteiger partial charge in [-0.25, -0.2) is 0 Å². The molecule has 1 aliphatic heterocycles. The van der Waals surface area contributed by atoms with Crippen molar-refractivity contribution >= 4 is 23.3 Å². The van der Waals surface area contributed by atoms with E-state index >= 15 is 0 Å². The molecule has 25 heavy (non-hydrogen) atoms. The van der Waals surface area contributed by atoms with Crippen LogP contribution in [0.15, 0.2) is 28.8 Å². The van der Waals surface area contributed by atoms with Crippen LogP contribution in [0.5, 0.6) is 11.5 Å². The molecule has 0 bridgehead atoms. The number of thioether (sulfide) groups is 1. The van der Waals surface area contributed by atoms with Crippen LogP contribution < -0.4 is 9.47 Å². The van der Waals surface area contributed by atoms with E-state index in [2.05, 4.69) is 9.47 Å². The number of carbonyl (C=O) groups excluding carboxylic acids is 2. The zero-order valence-corrected chi connectivity index (χ0v) is 14.8. The number of carbonyl (C=O) groups is 2. The van der Waals surface area contributed by atoms with Crippen LogP contribution in [0.2, 0.25) is 0 Å². The van der Waals surface area contributed by atoms with Gasteiger partial charge in [0, 0.05) is 26.2 Å². The lowest BCUT2D eigenvalue weighted by Gasteiger charge is -2.12. The van der Waals surface area contributed by atoms with Gasteiger partial charge in [0.1, 0.15) is 0 Å². The Bertz CT molecular complexity index is 772. The maximum Gasteiger partial charge on any atom is 0.586 e. The molecule has 1 aromatic rings. The zero-order valence-electron chi connectivity index (χ0n) is 14.0. The first kappa shape index (κ1) is 17.7. The topological polar surface area (TPSA) is 55.8 Å². The first-order chi connectivity index (χ1) is 11.7. The molecule has 1 heterocycles. The molecule has 1 fully saturated rings. The average Bonchev–Trinajstić information content (AvgIpc) is 3.32. The largest absolute Gasteiger partial charge is 0.586 e. The number of hydrogen-bond acceptors (Lipinski definition) is 6. The number of alkyl halides is 2. The van der Waals surface area contributed by atoms with Crippen molar-refractivity contribution in [1.29, 1.82) is 0 Å². The molecule has 5 nitrogen and oxygen atoms in total. The summed E-state index contributed by atoms with van der Waals surface area (Å²) in [6, 6.07) is 2.90. The molecule has 0 atom stereocenters. The Kier molecular flexibility index (Phi) is 4.49. The van der Waals surface area contributed by atoms with Crippen molar-refractivity contribution < 1.29 is 27.8 Å². The number of fused-ring (bicyclic) bond motifs is 1. The maximum atomic E-state index is 13.5. The first-order valence-electron chi connectivity index (χ1n) is 7.67. The minimum atomic E-state index is -3.84. The molecule has 0 spiro atoms. The molecule has 0 aromatic heterocycles. The van der Waals surface area contributed by atoms with E-state index in [9.17, 15) is 18.4 Å². The monoisotopic (exact) mass is 369 g/mol. The van der Waals surface area contributed by atoms with Gasteiger partial charge in [0.2, 0.25) is 5.78 Å². The second-order valence-electron chi connectivity index (χ2n) is 6.12. The number of hydrogen-bond donors (Lipinski definition) is 0. The number of rotatable bonds is 6. The molecule has 0 N–H and O–H groups in total. The molecule has 0 amide bonds. The Labute approximate surface area is 148 Å². The summed E-state index contributed by atoms with van der Waals surface area (Å²) in [4.78, 5) is 27.4. The van der Waals surface area contributed by atoms with E-state index in [0.717, 1.165) is 12.8 Å². The predicted molar refractivity (Wildman–Crippen MR) is 88.3 cm³/mol. The van der Waals surface area contributed by atoms with E-state index in [1.807, 2.05) is 0 Å². The molecular formula is C17H17F2NO4S. The Morgan fingerprint density at radius 1 is 1.24 bits per heavy atom. The Morgan fingerprint density at radius 2 is 1.88 bits per heavy atom. The molecular weight excluding hydrogens is 352 g/mol. The second kappa shape index (κ2) is 6.33. The van der Waals surface area contributed by atoms with Crippen LogP contribution in [0.25, 0.3) is 0 Å². The molecule has 3 rings (SSSR count). The highest BCUT2D eigenvalue weighted by Gasteiger charge is 2.47. The van der Waals surface area contributed by atoms with E-state index in [-0.39, 0.29) is 34.3 Å². The van der Waals surface area contributed by atoms with Gasteiger partial charge in [0.15, 0.2) is 17.3 Å². The summed E-state index contributed by atoms with van der Waals surface area (Å²) in [6.45, 7) is 0. The van der Waals surface area contributed by atoms with E-state index < -0.39 is 12.1 Å². The number of nitrogens with zero attached hydrogens (tertiary/aromatic N) is 1. The number of Topliss-reactive ketones (excluding diaryl/α,β-unsaturated/α-hetero) is 2. The normalized spacial score (nSPS) is 18.2. The van der Waals surface area contributed by atoms with Crippen LogP contribution in [0.3, 0.4) is 0 Å². The van der Waals surface area contributed by atoms with E-state index in [1.165, 1.54) is 30.1 Å². The smallest absolute Gasteiger partial charge is 0.394 e. The van der Waals surface area contributed by atoms with E-state index in [4.69, 9.17) is 0 Å². The van der Waals surface area contributed by atoms with E-state index in [1.54, 1.807) is 25.3 Å². The van der Waals surface area contributed by atoms with Crippen LogP contribution >= 0.6 is 11.8 Å². The molecule has 0 unspecified atom stereocenters. The second-order valence-corrected chi connectivity index (χ2v) is 6.96. The van der Waals surface area contributed by atoms with Gasteiger partial charge >= 0.3 is 6.29 Å². The average molecular weight is 369 g/mol. The Hall–Kier alpha value is -2.09. The molecule has 1 aromatic carbocycles. The number of benzene rings is 1. The summed E-state index contributed by atoms with van der Waals surface area (Å²) >= 11 is 1.20. The summed E-state index contributed by atoms with van der Waals surface area (Å²) in [5, 5.41) is 0. The van der Waals surface area contributed by atoms with Crippen molar-refractivity contribution in [2.24, 2.45) is 5.92 Å². The summed E-state index contributed by atoms with van der Waals surface area (Å²) in [5.41, 5.74) is -0.141. The van der Waals surface area contributed by atoms with Gasteiger partial charge in [-0.1, -0.05) is 0 Å². The fourth-order valence-electron chi connectivity index (χ4n) is 2.54. The standard InChI is InChI=1S/C17H17F2NO4S/c1-20(2)8-11(13(21)9-4-5-9)14(22)10-6-7-12(25-3)16-15(10)23-17(18,19)24-16/h6-9H,4-5H2,1-3H3/b11-8+. The van der Waals surface area contributed by atoms with Gasteiger partial charge in [0.25, 0.3) is 0 Å². The maximum absolute atomic E-state index is 13.5. The van der Waals surface area contributed by atoms with Gasteiger partial charge in [-0.05, 0) is 31.2 Å². The van der Waals surface area contributed by atoms with Crippen LogP contribution in [0.4, 0.5) is 8.78 Å². The lowest BCUT2D eigenvalue weighted by Crippen LogP contribution is -2.26. The highest BCUT2D eigenvalue weighted by Crippen LogP contribution is 2.49. The first-order valence-corrected chi connectivity index (χ1v) is 8.90. The molecule has 0 radical (unpaired) electrons. The minimum absolute atomic E-state index is 0.0367.